The monoisotopic (exact) mass is 255 g/mol. The van der Waals surface area contributed by atoms with Crippen molar-refractivity contribution < 1.29 is 0 Å². The van der Waals surface area contributed by atoms with Crippen LogP contribution in [-0.4, -0.2) is 30.2 Å². The topological polar surface area (TPSA) is 37.0 Å². The van der Waals surface area contributed by atoms with Gasteiger partial charge in [0.25, 0.3) is 0 Å². The van der Waals surface area contributed by atoms with Crippen LogP contribution in [0.2, 0.25) is 0 Å². The summed E-state index contributed by atoms with van der Waals surface area (Å²) in [5.41, 5.74) is 0.230. The lowest BCUT2D eigenvalue weighted by atomic mass is 10.1. The highest BCUT2D eigenvalue weighted by Crippen LogP contribution is 2.16. The Bertz CT molecular complexity index is 290. The molecule has 1 heterocycles. The van der Waals surface area contributed by atoms with E-state index >= 15 is 0 Å². The van der Waals surface area contributed by atoms with Gasteiger partial charge in [-0.3, -0.25) is 0 Å². The molecule has 98 valence electrons. The van der Waals surface area contributed by atoms with Crippen LogP contribution in [0.25, 0.3) is 0 Å². The van der Waals surface area contributed by atoms with E-state index in [9.17, 15) is 0 Å². The van der Waals surface area contributed by atoms with Gasteiger partial charge in [0, 0.05) is 29.6 Å². The molecule has 0 amide bonds. The summed E-state index contributed by atoms with van der Waals surface area (Å²) >= 11 is 1.74. The molecule has 4 heteroatoms. The standard InChI is InChI=1S/C13H25N3S/c1-11(12-15-8-9-17-12)10-14-6-5-7-16-13(2,3)4/h8-9,11,14,16H,5-7,10H2,1-4H3. The minimum Gasteiger partial charge on any atom is -0.316 e. The molecule has 0 spiro atoms. The van der Waals surface area contributed by atoms with E-state index in [1.807, 2.05) is 11.6 Å². The van der Waals surface area contributed by atoms with Crippen molar-refractivity contribution in [1.29, 1.82) is 0 Å². The van der Waals surface area contributed by atoms with Crippen LogP contribution in [0.1, 0.15) is 45.0 Å². The van der Waals surface area contributed by atoms with Gasteiger partial charge in [0.2, 0.25) is 0 Å². The van der Waals surface area contributed by atoms with Crippen LogP contribution < -0.4 is 10.6 Å². The first kappa shape index (κ1) is 14.6. The Hall–Kier alpha value is -0.450. The van der Waals surface area contributed by atoms with Crippen LogP contribution in [0.5, 0.6) is 0 Å². The highest BCUT2D eigenvalue weighted by Gasteiger charge is 2.08. The molecule has 17 heavy (non-hydrogen) atoms. The predicted octanol–water partition coefficient (Wildman–Crippen LogP) is 2.61. The molecule has 0 saturated carbocycles. The van der Waals surface area contributed by atoms with Gasteiger partial charge in [-0.25, -0.2) is 4.98 Å². The summed E-state index contributed by atoms with van der Waals surface area (Å²) in [7, 11) is 0. The summed E-state index contributed by atoms with van der Waals surface area (Å²) in [6, 6.07) is 0. The summed E-state index contributed by atoms with van der Waals surface area (Å²) < 4.78 is 0. The van der Waals surface area contributed by atoms with Crippen molar-refractivity contribution in [1.82, 2.24) is 15.6 Å². The second-order valence-corrected chi connectivity index (χ2v) is 6.43. The molecule has 1 unspecified atom stereocenters. The average Bonchev–Trinajstić information content (AvgIpc) is 2.74. The van der Waals surface area contributed by atoms with Crippen molar-refractivity contribution in [2.75, 3.05) is 19.6 Å². The van der Waals surface area contributed by atoms with Gasteiger partial charge in [-0.05, 0) is 40.3 Å². The fourth-order valence-corrected chi connectivity index (χ4v) is 2.26. The third-order valence-corrected chi connectivity index (χ3v) is 3.52. The van der Waals surface area contributed by atoms with Crippen LogP contribution in [0.4, 0.5) is 0 Å². The van der Waals surface area contributed by atoms with Gasteiger partial charge in [0.15, 0.2) is 0 Å². The normalized spacial score (nSPS) is 13.9. The second kappa shape index (κ2) is 7.09. The molecule has 0 saturated heterocycles. The van der Waals surface area contributed by atoms with E-state index in [1.165, 1.54) is 11.4 Å². The Kier molecular flexibility index (Phi) is 6.09. The van der Waals surface area contributed by atoms with Gasteiger partial charge < -0.3 is 10.6 Å². The van der Waals surface area contributed by atoms with E-state index in [4.69, 9.17) is 0 Å². The summed E-state index contributed by atoms with van der Waals surface area (Å²) in [6.45, 7) is 12.0. The van der Waals surface area contributed by atoms with E-state index in [0.717, 1.165) is 19.6 Å². The molecule has 0 bridgehead atoms. The molecular formula is C13H25N3S. The van der Waals surface area contributed by atoms with E-state index in [-0.39, 0.29) is 5.54 Å². The molecule has 0 aromatic carbocycles. The van der Waals surface area contributed by atoms with E-state index < -0.39 is 0 Å². The van der Waals surface area contributed by atoms with Crippen LogP contribution >= 0.6 is 11.3 Å². The molecule has 2 N–H and O–H groups in total. The molecule has 0 aliphatic carbocycles. The van der Waals surface area contributed by atoms with Crippen molar-refractivity contribution in [3.63, 3.8) is 0 Å². The Labute approximate surface area is 109 Å². The van der Waals surface area contributed by atoms with E-state index in [1.54, 1.807) is 11.3 Å². The Morgan fingerprint density at radius 2 is 2.12 bits per heavy atom. The predicted molar refractivity (Wildman–Crippen MR) is 75.8 cm³/mol. The van der Waals surface area contributed by atoms with Crippen LogP contribution in [0.3, 0.4) is 0 Å². The van der Waals surface area contributed by atoms with Crippen LogP contribution in [0, 0.1) is 0 Å². The molecular weight excluding hydrogens is 230 g/mol. The smallest absolute Gasteiger partial charge is 0.0965 e. The second-order valence-electron chi connectivity index (χ2n) is 5.51. The molecule has 0 aliphatic heterocycles. The molecule has 0 aliphatic rings. The van der Waals surface area contributed by atoms with Gasteiger partial charge in [0.1, 0.15) is 0 Å². The maximum atomic E-state index is 4.33. The third kappa shape index (κ3) is 6.76. The van der Waals surface area contributed by atoms with Gasteiger partial charge in [-0.1, -0.05) is 6.92 Å². The summed E-state index contributed by atoms with van der Waals surface area (Å²) in [6.07, 6.45) is 3.05. The van der Waals surface area contributed by atoms with Crippen molar-refractivity contribution in [2.24, 2.45) is 0 Å². The largest absolute Gasteiger partial charge is 0.316 e. The molecule has 0 radical (unpaired) electrons. The average molecular weight is 255 g/mol. The lowest BCUT2D eigenvalue weighted by Gasteiger charge is -2.20. The number of hydrogen-bond donors (Lipinski definition) is 2. The lowest BCUT2D eigenvalue weighted by molar-refractivity contribution is 0.417. The summed E-state index contributed by atoms with van der Waals surface area (Å²) in [5, 5.41) is 10.2. The first-order chi connectivity index (χ1) is 7.99. The first-order valence-electron chi connectivity index (χ1n) is 6.34. The Morgan fingerprint density at radius 3 is 2.71 bits per heavy atom. The Morgan fingerprint density at radius 1 is 1.35 bits per heavy atom. The van der Waals surface area contributed by atoms with Gasteiger partial charge in [-0.15, -0.1) is 11.3 Å². The fraction of sp³-hybridized carbons (Fsp3) is 0.769. The number of thiazole rings is 1. The van der Waals surface area contributed by atoms with E-state index in [0.29, 0.717) is 5.92 Å². The van der Waals surface area contributed by atoms with Crippen molar-refractivity contribution in [2.45, 2.75) is 45.6 Å². The summed E-state index contributed by atoms with van der Waals surface area (Å²) in [4.78, 5) is 4.33. The fourth-order valence-electron chi connectivity index (χ4n) is 1.56. The van der Waals surface area contributed by atoms with Gasteiger partial charge in [0.05, 0.1) is 5.01 Å². The minimum absolute atomic E-state index is 0.230. The zero-order valence-corrected chi connectivity index (χ0v) is 12.2. The molecule has 1 rings (SSSR count). The number of nitrogens with one attached hydrogen (secondary N) is 2. The molecule has 1 atom stereocenters. The number of rotatable bonds is 7. The minimum atomic E-state index is 0.230. The Balaban J connectivity index is 2.01. The number of hydrogen-bond acceptors (Lipinski definition) is 4. The molecule has 3 nitrogen and oxygen atoms in total. The van der Waals surface area contributed by atoms with Crippen molar-refractivity contribution in [3.05, 3.63) is 16.6 Å². The first-order valence-corrected chi connectivity index (χ1v) is 7.22. The molecule has 0 fully saturated rings. The maximum absolute atomic E-state index is 4.33. The van der Waals surface area contributed by atoms with E-state index in [2.05, 4.69) is 43.3 Å². The van der Waals surface area contributed by atoms with Crippen LogP contribution in [-0.2, 0) is 0 Å². The van der Waals surface area contributed by atoms with Gasteiger partial charge in [-0.2, -0.15) is 0 Å². The lowest BCUT2D eigenvalue weighted by Crippen LogP contribution is -2.37. The quantitative estimate of drug-likeness (QED) is 0.735. The van der Waals surface area contributed by atoms with Gasteiger partial charge >= 0.3 is 0 Å². The SMILES string of the molecule is CC(CNCCCNC(C)(C)C)c1nccs1. The highest BCUT2D eigenvalue weighted by atomic mass is 32.1. The zero-order valence-electron chi connectivity index (χ0n) is 11.4. The zero-order chi connectivity index (χ0) is 12.7. The van der Waals surface area contributed by atoms with Crippen LogP contribution in [0.15, 0.2) is 11.6 Å². The maximum Gasteiger partial charge on any atom is 0.0965 e. The van der Waals surface area contributed by atoms with Crippen molar-refractivity contribution >= 4 is 11.3 Å². The summed E-state index contributed by atoms with van der Waals surface area (Å²) in [5.74, 6) is 0.519. The highest BCUT2D eigenvalue weighted by molar-refractivity contribution is 7.09. The molecule has 1 aromatic rings. The number of aromatic nitrogens is 1. The third-order valence-electron chi connectivity index (χ3n) is 2.51. The van der Waals surface area contributed by atoms with Crippen molar-refractivity contribution in [3.8, 4) is 0 Å². The molecule has 1 aromatic heterocycles. The number of nitrogens with zero attached hydrogens (tertiary/aromatic N) is 1.